The van der Waals surface area contributed by atoms with E-state index in [-0.39, 0.29) is 11.9 Å². The molecule has 0 aliphatic heterocycles. The average Bonchev–Trinajstić information content (AvgIpc) is 2.48. The van der Waals surface area contributed by atoms with E-state index in [0.717, 1.165) is 5.56 Å². The Balaban J connectivity index is 2.12. The first-order valence-corrected chi connectivity index (χ1v) is 6.33. The van der Waals surface area contributed by atoms with Crippen molar-refractivity contribution in [3.05, 3.63) is 71.3 Å². The minimum atomic E-state index is -0.546. The highest BCUT2D eigenvalue weighted by atomic mass is 16.2. The number of carbonyl (C=O) groups is 2. The van der Waals surface area contributed by atoms with E-state index in [1.807, 2.05) is 37.3 Å². The third-order valence-corrected chi connectivity index (χ3v) is 3.06. The lowest BCUT2D eigenvalue weighted by Crippen LogP contribution is -2.27. The van der Waals surface area contributed by atoms with E-state index in [1.54, 1.807) is 18.2 Å². The maximum Gasteiger partial charge on any atom is 0.251 e. The summed E-state index contributed by atoms with van der Waals surface area (Å²) in [6.07, 6.45) is 0. The van der Waals surface area contributed by atoms with Crippen LogP contribution in [0.1, 0.15) is 39.2 Å². The number of hydrogen-bond donors (Lipinski definition) is 2. The van der Waals surface area contributed by atoms with Crippen molar-refractivity contribution < 1.29 is 9.59 Å². The number of primary amides is 1. The molecule has 2 amide bonds. The first-order chi connectivity index (χ1) is 9.58. The number of nitrogens with two attached hydrogens (primary N) is 1. The van der Waals surface area contributed by atoms with Crippen molar-refractivity contribution in [1.82, 2.24) is 5.32 Å². The molecular weight excluding hydrogens is 252 g/mol. The standard InChI is InChI=1S/C16H16N2O2/c1-11(12-6-3-2-4-7-12)18-16(20)14-9-5-8-13(10-14)15(17)19/h2-11H,1H3,(H2,17,19)(H,18,20)/t11-/m1/s1. The Bertz CT molecular complexity index is 623. The van der Waals surface area contributed by atoms with Gasteiger partial charge in [0.2, 0.25) is 5.91 Å². The van der Waals surface area contributed by atoms with Crippen molar-refractivity contribution in [2.75, 3.05) is 0 Å². The third-order valence-electron chi connectivity index (χ3n) is 3.06. The van der Waals surface area contributed by atoms with Crippen LogP contribution in [-0.2, 0) is 0 Å². The number of nitrogens with one attached hydrogen (secondary N) is 1. The summed E-state index contributed by atoms with van der Waals surface area (Å²) in [6, 6.07) is 15.9. The van der Waals surface area contributed by atoms with Gasteiger partial charge < -0.3 is 11.1 Å². The van der Waals surface area contributed by atoms with Gasteiger partial charge in [0.25, 0.3) is 5.91 Å². The SMILES string of the molecule is C[C@@H](NC(=O)c1cccc(C(N)=O)c1)c1ccccc1. The summed E-state index contributed by atoms with van der Waals surface area (Å²) >= 11 is 0. The zero-order valence-corrected chi connectivity index (χ0v) is 11.2. The van der Waals surface area contributed by atoms with Gasteiger partial charge in [0.1, 0.15) is 0 Å². The Morgan fingerprint density at radius 1 is 1.00 bits per heavy atom. The van der Waals surface area contributed by atoms with E-state index < -0.39 is 5.91 Å². The zero-order valence-electron chi connectivity index (χ0n) is 11.2. The summed E-state index contributed by atoms with van der Waals surface area (Å²) in [5.41, 5.74) is 6.97. The normalized spacial score (nSPS) is 11.7. The molecule has 0 bridgehead atoms. The second kappa shape index (κ2) is 6.02. The second-order valence-electron chi connectivity index (χ2n) is 4.55. The predicted octanol–water partition coefficient (Wildman–Crippen LogP) is 2.28. The molecule has 2 aromatic carbocycles. The molecule has 1 atom stereocenters. The number of benzene rings is 2. The van der Waals surface area contributed by atoms with Gasteiger partial charge in [0.15, 0.2) is 0 Å². The lowest BCUT2D eigenvalue weighted by Gasteiger charge is -2.14. The van der Waals surface area contributed by atoms with E-state index in [1.165, 1.54) is 6.07 Å². The fourth-order valence-electron chi connectivity index (χ4n) is 1.92. The molecule has 102 valence electrons. The number of rotatable bonds is 4. The Hall–Kier alpha value is -2.62. The maximum absolute atomic E-state index is 12.1. The molecule has 4 nitrogen and oxygen atoms in total. The summed E-state index contributed by atoms with van der Waals surface area (Å²) in [7, 11) is 0. The van der Waals surface area contributed by atoms with Crippen LogP contribution in [0.3, 0.4) is 0 Å². The number of amides is 2. The van der Waals surface area contributed by atoms with Gasteiger partial charge in [-0.15, -0.1) is 0 Å². The second-order valence-corrected chi connectivity index (χ2v) is 4.55. The molecule has 0 spiro atoms. The molecule has 0 unspecified atom stereocenters. The van der Waals surface area contributed by atoms with Crippen LogP contribution in [0, 0.1) is 0 Å². The lowest BCUT2D eigenvalue weighted by molar-refractivity contribution is 0.0940. The van der Waals surface area contributed by atoms with E-state index in [9.17, 15) is 9.59 Å². The van der Waals surface area contributed by atoms with E-state index in [0.29, 0.717) is 11.1 Å². The predicted molar refractivity (Wildman–Crippen MR) is 77.3 cm³/mol. The highest BCUT2D eigenvalue weighted by Crippen LogP contribution is 2.13. The lowest BCUT2D eigenvalue weighted by atomic mass is 10.1. The van der Waals surface area contributed by atoms with Crippen LogP contribution in [0.5, 0.6) is 0 Å². The maximum atomic E-state index is 12.1. The summed E-state index contributed by atoms with van der Waals surface area (Å²) in [5, 5.41) is 2.89. The molecule has 4 heteroatoms. The molecule has 20 heavy (non-hydrogen) atoms. The molecule has 0 aromatic heterocycles. The van der Waals surface area contributed by atoms with Crippen LogP contribution in [0.25, 0.3) is 0 Å². The van der Waals surface area contributed by atoms with Crippen LogP contribution in [-0.4, -0.2) is 11.8 Å². The molecule has 0 saturated heterocycles. The molecule has 2 rings (SSSR count). The Labute approximate surface area is 117 Å². The number of hydrogen-bond acceptors (Lipinski definition) is 2. The highest BCUT2D eigenvalue weighted by Gasteiger charge is 2.12. The molecule has 0 fully saturated rings. The summed E-state index contributed by atoms with van der Waals surface area (Å²) < 4.78 is 0. The van der Waals surface area contributed by atoms with Crippen LogP contribution in [0.15, 0.2) is 54.6 Å². The van der Waals surface area contributed by atoms with E-state index in [4.69, 9.17) is 5.73 Å². The van der Waals surface area contributed by atoms with Gasteiger partial charge >= 0.3 is 0 Å². The zero-order chi connectivity index (χ0) is 14.5. The van der Waals surface area contributed by atoms with Crippen LogP contribution in [0.4, 0.5) is 0 Å². The van der Waals surface area contributed by atoms with Gasteiger partial charge in [0, 0.05) is 11.1 Å². The quantitative estimate of drug-likeness (QED) is 0.892. The van der Waals surface area contributed by atoms with Gasteiger partial charge in [-0.25, -0.2) is 0 Å². The van der Waals surface area contributed by atoms with Crippen LogP contribution >= 0.6 is 0 Å². The van der Waals surface area contributed by atoms with Crippen molar-refractivity contribution in [2.24, 2.45) is 5.73 Å². The van der Waals surface area contributed by atoms with Crippen LogP contribution in [0.2, 0.25) is 0 Å². The van der Waals surface area contributed by atoms with Gasteiger partial charge in [-0.1, -0.05) is 36.4 Å². The topological polar surface area (TPSA) is 72.2 Å². The molecular formula is C16H16N2O2. The summed E-state index contributed by atoms with van der Waals surface area (Å²) in [4.78, 5) is 23.2. The minimum Gasteiger partial charge on any atom is -0.366 e. The van der Waals surface area contributed by atoms with Gasteiger partial charge in [0.05, 0.1) is 6.04 Å². The van der Waals surface area contributed by atoms with E-state index >= 15 is 0 Å². The highest BCUT2D eigenvalue weighted by molar-refractivity contribution is 5.99. The first-order valence-electron chi connectivity index (χ1n) is 6.33. The summed E-state index contributed by atoms with van der Waals surface area (Å²) in [5.74, 6) is -0.778. The van der Waals surface area contributed by atoms with Crippen LogP contribution < -0.4 is 11.1 Å². The van der Waals surface area contributed by atoms with Gasteiger partial charge in [-0.3, -0.25) is 9.59 Å². The molecule has 0 saturated carbocycles. The van der Waals surface area contributed by atoms with Crippen molar-refractivity contribution in [3.63, 3.8) is 0 Å². The molecule has 0 heterocycles. The van der Waals surface area contributed by atoms with Crippen molar-refractivity contribution in [3.8, 4) is 0 Å². The fourth-order valence-corrected chi connectivity index (χ4v) is 1.92. The smallest absolute Gasteiger partial charge is 0.251 e. The van der Waals surface area contributed by atoms with Gasteiger partial charge in [-0.05, 0) is 30.7 Å². The Morgan fingerprint density at radius 3 is 2.30 bits per heavy atom. The van der Waals surface area contributed by atoms with E-state index in [2.05, 4.69) is 5.32 Å². The third kappa shape index (κ3) is 3.23. The fraction of sp³-hybridized carbons (Fsp3) is 0.125. The average molecular weight is 268 g/mol. The van der Waals surface area contributed by atoms with Crippen molar-refractivity contribution in [2.45, 2.75) is 13.0 Å². The van der Waals surface area contributed by atoms with Crippen molar-refractivity contribution in [1.29, 1.82) is 0 Å². The molecule has 2 aromatic rings. The Kier molecular flexibility index (Phi) is 4.15. The Morgan fingerprint density at radius 2 is 1.65 bits per heavy atom. The van der Waals surface area contributed by atoms with Gasteiger partial charge in [-0.2, -0.15) is 0 Å². The number of carbonyl (C=O) groups excluding carboxylic acids is 2. The molecule has 0 radical (unpaired) electrons. The molecule has 3 N–H and O–H groups in total. The van der Waals surface area contributed by atoms with Crippen molar-refractivity contribution >= 4 is 11.8 Å². The molecule has 0 aliphatic rings. The summed E-state index contributed by atoms with van der Waals surface area (Å²) in [6.45, 7) is 1.91. The minimum absolute atomic E-state index is 0.110. The first kappa shape index (κ1) is 13.8. The molecule has 0 aliphatic carbocycles. The largest absolute Gasteiger partial charge is 0.366 e. The monoisotopic (exact) mass is 268 g/mol.